The molecule has 2 amide bonds. The number of sulfonamides is 1. The molecule has 0 aliphatic heterocycles. The minimum Gasteiger partial charge on any atom is -0.395 e. The van der Waals surface area contributed by atoms with E-state index in [0.717, 1.165) is 0 Å². The van der Waals surface area contributed by atoms with E-state index in [4.69, 9.17) is 10.8 Å². The normalized spacial score (nSPS) is 11.2. The van der Waals surface area contributed by atoms with E-state index in [2.05, 4.69) is 10.0 Å². The van der Waals surface area contributed by atoms with Crippen molar-refractivity contribution < 1.29 is 18.3 Å². The van der Waals surface area contributed by atoms with Gasteiger partial charge in [-0.15, -0.1) is 0 Å². The molecule has 0 aliphatic carbocycles. The van der Waals surface area contributed by atoms with Gasteiger partial charge in [0.1, 0.15) is 0 Å². The van der Waals surface area contributed by atoms with Crippen LogP contribution in [0.15, 0.2) is 0 Å². The lowest BCUT2D eigenvalue weighted by atomic mass is 10.6. The molecule has 13 heavy (non-hydrogen) atoms. The molecule has 0 aromatic rings. The van der Waals surface area contributed by atoms with Crippen LogP contribution in [0.25, 0.3) is 0 Å². The van der Waals surface area contributed by atoms with E-state index in [-0.39, 0.29) is 18.8 Å². The molecular formula is C5H13N3O4S. The largest absolute Gasteiger partial charge is 0.395 e. The molecule has 0 rings (SSSR count). The van der Waals surface area contributed by atoms with Gasteiger partial charge in [0, 0.05) is 13.1 Å². The molecule has 0 aromatic heterocycles. The number of amides is 2. The van der Waals surface area contributed by atoms with Crippen LogP contribution in [0.4, 0.5) is 4.79 Å². The van der Waals surface area contributed by atoms with Crippen molar-refractivity contribution in [1.82, 2.24) is 10.0 Å². The van der Waals surface area contributed by atoms with Gasteiger partial charge < -0.3 is 16.2 Å². The topological polar surface area (TPSA) is 122 Å². The maximum absolute atomic E-state index is 10.9. The average molecular weight is 211 g/mol. The highest BCUT2D eigenvalue weighted by Crippen LogP contribution is 1.80. The molecule has 0 atom stereocenters. The van der Waals surface area contributed by atoms with Crippen molar-refractivity contribution in [3.05, 3.63) is 0 Å². The first-order valence-electron chi connectivity index (χ1n) is 3.59. The van der Waals surface area contributed by atoms with Crippen molar-refractivity contribution in [2.75, 3.05) is 25.4 Å². The van der Waals surface area contributed by atoms with E-state index in [9.17, 15) is 13.2 Å². The summed E-state index contributed by atoms with van der Waals surface area (Å²) in [7, 11) is -3.42. The standard InChI is InChI=1S/C5H13N3O4S/c6-5(10)7-1-2-8-13(11,12)4-3-9/h8-9H,1-4H2,(H3,6,7,10). The number of hydrogen-bond acceptors (Lipinski definition) is 4. The highest BCUT2D eigenvalue weighted by Gasteiger charge is 2.07. The zero-order valence-corrected chi connectivity index (χ0v) is 7.80. The first-order valence-corrected chi connectivity index (χ1v) is 5.24. The number of aliphatic hydroxyl groups excluding tert-OH is 1. The highest BCUT2D eigenvalue weighted by atomic mass is 32.2. The Balaban J connectivity index is 3.58. The van der Waals surface area contributed by atoms with Gasteiger partial charge in [-0.3, -0.25) is 0 Å². The SMILES string of the molecule is NC(=O)NCCNS(=O)(=O)CCO. The molecule has 0 fully saturated rings. The predicted octanol–water partition coefficient (Wildman–Crippen LogP) is -2.43. The first kappa shape index (κ1) is 12.1. The van der Waals surface area contributed by atoms with Crippen LogP contribution in [-0.2, 0) is 10.0 Å². The Bertz CT molecular complexity index is 251. The van der Waals surface area contributed by atoms with Crippen molar-refractivity contribution in [3.63, 3.8) is 0 Å². The third kappa shape index (κ3) is 7.50. The van der Waals surface area contributed by atoms with E-state index in [0.29, 0.717) is 0 Å². The maximum Gasteiger partial charge on any atom is 0.312 e. The Morgan fingerprint density at radius 1 is 1.38 bits per heavy atom. The van der Waals surface area contributed by atoms with Crippen molar-refractivity contribution in [1.29, 1.82) is 0 Å². The summed E-state index contributed by atoms with van der Waals surface area (Å²) in [6, 6.07) is -0.707. The molecule has 0 heterocycles. The fourth-order valence-corrected chi connectivity index (χ4v) is 1.38. The molecule has 0 bridgehead atoms. The molecule has 0 radical (unpaired) electrons. The van der Waals surface area contributed by atoms with Gasteiger partial charge in [0.2, 0.25) is 10.0 Å². The number of hydrogen-bond donors (Lipinski definition) is 4. The summed E-state index contributed by atoms with van der Waals surface area (Å²) >= 11 is 0. The van der Waals surface area contributed by atoms with Gasteiger partial charge >= 0.3 is 6.03 Å². The molecule has 0 aromatic carbocycles. The van der Waals surface area contributed by atoms with E-state index in [1.54, 1.807) is 0 Å². The second-order valence-electron chi connectivity index (χ2n) is 2.23. The number of rotatable bonds is 6. The molecule has 78 valence electrons. The fourth-order valence-electron chi connectivity index (χ4n) is 0.585. The quantitative estimate of drug-likeness (QED) is 0.365. The lowest BCUT2D eigenvalue weighted by Gasteiger charge is -2.04. The maximum atomic E-state index is 10.9. The summed E-state index contributed by atoms with van der Waals surface area (Å²) in [5.74, 6) is -0.344. The molecule has 0 unspecified atom stereocenters. The molecule has 0 aliphatic rings. The van der Waals surface area contributed by atoms with Gasteiger partial charge in [0.05, 0.1) is 12.4 Å². The molecule has 8 heteroatoms. The predicted molar refractivity (Wildman–Crippen MR) is 46.5 cm³/mol. The average Bonchev–Trinajstić information content (AvgIpc) is 1.98. The van der Waals surface area contributed by atoms with Gasteiger partial charge in [0.15, 0.2) is 0 Å². The van der Waals surface area contributed by atoms with Crippen molar-refractivity contribution in [3.8, 4) is 0 Å². The minimum atomic E-state index is -3.42. The van der Waals surface area contributed by atoms with Crippen LogP contribution in [0, 0.1) is 0 Å². The van der Waals surface area contributed by atoms with Crippen molar-refractivity contribution in [2.24, 2.45) is 5.73 Å². The Hall–Kier alpha value is -0.860. The van der Waals surface area contributed by atoms with Crippen LogP contribution < -0.4 is 15.8 Å². The summed E-state index contributed by atoms with van der Waals surface area (Å²) in [6.45, 7) is -0.246. The van der Waals surface area contributed by atoms with Crippen LogP contribution in [0.1, 0.15) is 0 Å². The Labute approximate surface area is 76.4 Å². The minimum absolute atomic E-state index is 0.0608. The van der Waals surface area contributed by atoms with Crippen LogP contribution in [-0.4, -0.2) is 45.0 Å². The van der Waals surface area contributed by atoms with E-state index in [1.165, 1.54) is 0 Å². The third-order valence-electron chi connectivity index (χ3n) is 1.11. The summed E-state index contributed by atoms with van der Waals surface area (Å²) < 4.78 is 23.9. The van der Waals surface area contributed by atoms with E-state index < -0.39 is 22.7 Å². The first-order chi connectivity index (χ1) is 5.98. The summed E-state index contributed by atoms with van der Waals surface area (Å²) in [5.41, 5.74) is 4.73. The van der Waals surface area contributed by atoms with Crippen LogP contribution in [0.2, 0.25) is 0 Å². The van der Waals surface area contributed by atoms with E-state index >= 15 is 0 Å². The lowest BCUT2D eigenvalue weighted by molar-refractivity contribution is 0.249. The van der Waals surface area contributed by atoms with Crippen LogP contribution in [0.3, 0.4) is 0 Å². The molecule has 0 spiro atoms. The molecular weight excluding hydrogens is 198 g/mol. The Morgan fingerprint density at radius 3 is 2.46 bits per heavy atom. The number of aliphatic hydroxyl groups is 1. The molecule has 0 saturated carbocycles. The summed E-state index contributed by atoms with van der Waals surface area (Å²) in [5, 5.41) is 10.5. The second kappa shape index (κ2) is 5.73. The number of carbonyl (C=O) groups excluding carboxylic acids is 1. The fraction of sp³-hybridized carbons (Fsp3) is 0.800. The molecule has 5 N–H and O–H groups in total. The molecule has 0 saturated heterocycles. The summed E-state index contributed by atoms with van der Waals surface area (Å²) in [6.07, 6.45) is 0. The Morgan fingerprint density at radius 2 is 2.00 bits per heavy atom. The smallest absolute Gasteiger partial charge is 0.312 e. The highest BCUT2D eigenvalue weighted by molar-refractivity contribution is 7.89. The monoisotopic (exact) mass is 211 g/mol. The molecule has 7 nitrogen and oxygen atoms in total. The number of carbonyl (C=O) groups is 1. The summed E-state index contributed by atoms with van der Waals surface area (Å²) in [4.78, 5) is 10.1. The van der Waals surface area contributed by atoms with Crippen LogP contribution >= 0.6 is 0 Å². The number of nitrogens with one attached hydrogen (secondary N) is 2. The van der Waals surface area contributed by atoms with Gasteiger partial charge in [-0.2, -0.15) is 0 Å². The van der Waals surface area contributed by atoms with Crippen molar-refractivity contribution >= 4 is 16.1 Å². The Kier molecular flexibility index (Phi) is 5.35. The number of urea groups is 1. The zero-order valence-electron chi connectivity index (χ0n) is 6.99. The van der Waals surface area contributed by atoms with Gasteiger partial charge in [-0.05, 0) is 0 Å². The second-order valence-corrected chi connectivity index (χ2v) is 4.15. The van der Waals surface area contributed by atoms with Gasteiger partial charge in [0.25, 0.3) is 0 Å². The lowest BCUT2D eigenvalue weighted by Crippen LogP contribution is -2.38. The van der Waals surface area contributed by atoms with E-state index in [1.807, 2.05) is 0 Å². The third-order valence-corrected chi connectivity index (χ3v) is 2.47. The van der Waals surface area contributed by atoms with Crippen LogP contribution in [0.5, 0.6) is 0 Å². The van der Waals surface area contributed by atoms with Gasteiger partial charge in [-0.1, -0.05) is 0 Å². The van der Waals surface area contributed by atoms with Crippen molar-refractivity contribution in [2.45, 2.75) is 0 Å². The number of primary amides is 1. The number of nitrogens with two attached hydrogens (primary N) is 1. The zero-order chi connectivity index (χ0) is 10.3. The van der Waals surface area contributed by atoms with Gasteiger partial charge in [-0.25, -0.2) is 17.9 Å².